The normalized spacial score (nSPS) is 27.7. The summed E-state index contributed by atoms with van der Waals surface area (Å²) in [4.78, 5) is 0. The molecule has 0 aromatic heterocycles. The Bertz CT molecular complexity index is 107. The van der Waals surface area contributed by atoms with Gasteiger partial charge in [-0.25, -0.2) is 0 Å². The molecule has 0 aliphatic carbocycles. The summed E-state index contributed by atoms with van der Waals surface area (Å²) in [5, 5.41) is 3.37. The minimum Gasteiger partial charge on any atom is -0.386 e. The average Bonchev–Trinajstić information content (AvgIpc) is 1.88. The molecule has 1 N–H and O–H groups in total. The SMILES string of the molecule is C=C1CCCC(CC)N1. The van der Waals surface area contributed by atoms with E-state index in [1.165, 1.54) is 31.4 Å². The van der Waals surface area contributed by atoms with Crippen LogP contribution in [0.5, 0.6) is 0 Å². The Balaban J connectivity index is 2.32. The molecule has 1 rings (SSSR count). The van der Waals surface area contributed by atoms with E-state index >= 15 is 0 Å². The van der Waals surface area contributed by atoms with Crippen LogP contribution >= 0.6 is 0 Å². The van der Waals surface area contributed by atoms with Crippen LogP contribution in [0.2, 0.25) is 0 Å². The van der Waals surface area contributed by atoms with Gasteiger partial charge in [0, 0.05) is 11.7 Å². The van der Waals surface area contributed by atoms with Gasteiger partial charge < -0.3 is 5.32 Å². The first kappa shape index (κ1) is 6.66. The predicted octanol–water partition coefficient (Wildman–Crippen LogP) is 2.05. The standard InChI is InChI=1S/C8H15N/c1-3-8-6-4-5-7(2)9-8/h8-9H,2-6H2,1H3. The first-order valence-corrected chi connectivity index (χ1v) is 3.77. The summed E-state index contributed by atoms with van der Waals surface area (Å²) in [5.74, 6) is 0. The van der Waals surface area contributed by atoms with Crippen LogP contribution in [0.4, 0.5) is 0 Å². The second kappa shape index (κ2) is 2.90. The molecule has 0 spiro atoms. The van der Waals surface area contributed by atoms with Crippen molar-refractivity contribution in [3.8, 4) is 0 Å². The van der Waals surface area contributed by atoms with Gasteiger partial charge in [-0.05, 0) is 25.7 Å². The molecule has 1 heterocycles. The van der Waals surface area contributed by atoms with Crippen molar-refractivity contribution in [3.05, 3.63) is 12.3 Å². The zero-order valence-electron chi connectivity index (χ0n) is 6.11. The van der Waals surface area contributed by atoms with E-state index in [1.54, 1.807) is 0 Å². The highest BCUT2D eigenvalue weighted by Crippen LogP contribution is 2.15. The highest BCUT2D eigenvalue weighted by atomic mass is 14.9. The molecule has 1 aliphatic rings. The van der Waals surface area contributed by atoms with Gasteiger partial charge in [0.25, 0.3) is 0 Å². The molecular weight excluding hydrogens is 110 g/mol. The van der Waals surface area contributed by atoms with E-state index in [0.717, 1.165) is 0 Å². The minimum absolute atomic E-state index is 0.714. The van der Waals surface area contributed by atoms with Crippen molar-refractivity contribution in [2.24, 2.45) is 0 Å². The quantitative estimate of drug-likeness (QED) is 0.565. The third kappa shape index (κ3) is 1.74. The van der Waals surface area contributed by atoms with E-state index in [1.807, 2.05) is 0 Å². The van der Waals surface area contributed by atoms with Crippen LogP contribution in [0.15, 0.2) is 12.3 Å². The van der Waals surface area contributed by atoms with E-state index in [2.05, 4.69) is 18.8 Å². The third-order valence-corrected chi connectivity index (χ3v) is 1.93. The predicted molar refractivity (Wildman–Crippen MR) is 40.2 cm³/mol. The van der Waals surface area contributed by atoms with Gasteiger partial charge in [-0.2, -0.15) is 0 Å². The van der Waals surface area contributed by atoms with Crippen molar-refractivity contribution in [2.45, 2.75) is 38.6 Å². The van der Waals surface area contributed by atoms with Crippen LogP contribution in [-0.2, 0) is 0 Å². The van der Waals surface area contributed by atoms with Crippen LogP contribution in [-0.4, -0.2) is 6.04 Å². The number of hydrogen-bond donors (Lipinski definition) is 1. The summed E-state index contributed by atoms with van der Waals surface area (Å²) in [5.41, 5.74) is 1.23. The van der Waals surface area contributed by atoms with Gasteiger partial charge in [-0.15, -0.1) is 0 Å². The second-order valence-corrected chi connectivity index (χ2v) is 2.75. The zero-order chi connectivity index (χ0) is 6.69. The van der Waals surface area contributed by atoms with Gasteiger partial charge in [-0.3, -0.25) is 0 Å². The van der Waals surface area contributed by atoms with Crippen LogP contribution in [0, 0.1) is 0 Å². The fraction of sp³-hybridized carbons (Fsp3) is 0.750. The summed E-state index contributed by atoms with van der Waals surface area (Å²) in [6.45, 7) is 6.12. The molecule has 0 bridgehead atoms. The number of nitrogens with one attached hydrogen (secondary N) is 1. The molecule has 0 aromatic rings. The Kier molecular flexibility index (Phi) is 2.15. The van der Waals surface area contributed by atoms with E-state index in [0.29, 0.717) is 6.04 Å². The monoisotopic (exact) mass is 125 g/mol. The maximum Gasteiger partial charge on any atom is 0.0255 e. The van der Waals surface area contributed by atoms with Crippen molar-refractivity contribution in [3.63, 3.8) is 0 Å². The third-order valence-electron chi connectivity index (χ3n) is 1.93. The molecule has 0 saturated carbocycles. The van der Waals surface area contributed by atoms with E-state index < -0.39 is 0 Å². The molecule has 9 heavy (non-hydrogen) atoms. The van der Waals surface area contributed by atoms with Crippen molar-refractivity contribution in [1.82, 2.24) is 5.32 Å². The van der Waals surface area contributed by atoms with Crippen molar-refractivity contribution < 1.29 is 0 Å². The molecule has 1 atom stereocenters. The maximum absolute atomic E-state index is 3.90. The second-order valence-electron chi connectivity index (χ2n) is 2.75. The van der Waals surface area contributed by atoms with Gasteiger partial charge in [0.2, 0.25) is 0 Å². The van der Waals surface area contributed by atoms with Crippen LogP contribution in [0.1, 0.15) is 32.6 Å². The highest BCUT2D eigenvalue weighted by Gasteiger charge is 2.11. The topological polar surface area (TPSA) is 12.0 Å². The first-order valence-electron chi connectivity index (χ1n) is 3.77. The average molecular weight is 125 g/mol. The Morgan fingerprint density at radius 1 is 1.78 bits per heavy atom. The van der Waals surface area contributed by atoms with E-state index in [9.17, 15) is 0 Å². The molecule has 0 amide bonds. The van der Waals surface area contributed by atoms with Crippen molar-refractivity contribution in [2.75, 3.05) is 0 Å². The molecule has 0 aromatic carbocycles. The number of rotatable bonds is 1. The van der Waals surface area contributed by atoms with E-state index in [4.69, 9.17) is 0 Å². The first-order chi connectivity index (χ1) is 4.33. The summed E-state index contributed by atoms with van der Waals surface area (Å²) < 4.78 is 0. The van der Waals surface area contributed by atoms with Crippen molar-refractivity contribution >= 4 is 0 Å². The Morgan fingerprint density at radius 2 is 2.56 bits per heavy atom. The van der Waals surface area contributed by atoms with Crippen LogP contribution < -0.4 is 5.32 Å². The fourth-order valence-electron chi connectivity index (χ4n) is 1.30. The van der Waals surface area contributed by atoms with Gasteiger partial charge in [0.05, 0.1) is 0 Å². The molecule has 52 valence electrons. The molecular formula is C8H15N. The summed E-state index contributed by atoms with van der Waals surface area (Å²) >= 11 is 0. The molecule has 1 aliphatic heterocycles. The molecule has 0 radical (unpaired) electrons. The Morgan fingerprint density at radius 3 is 3.00 bits per heavy atom. The lowest BCUT2D eigenvalue weighted by Crippen LogP contribution is -2.30. The fourth-order valence-corrected chi connectivity index (χ4v) is 1.30. The summed E-state index contributed by atoms with van der Waals surface area (Å²) in [7, 11) is 0. The molecule has 1 unspecified atom stereocenters. The van der Waals surface area contributed by atoms with Crippen molar-refractivity contribution in [1.29, 1.82) is 0 Å². The smallest absolute Gasteiger partial charge is 0.0255 e. The largest absolute Gasteiger partial charge is 0.386 e. The van der Waals surface area contributed by atoms with Gasteiger partial charge in [0.15, 0.2) is 0 Å². The lowest BCUT2D eigenvalue weighted by atomic mass is 10.0. The Hall–Kier alpha value is -0.460. The highest BCUT2D eigenvalue weighted by molar-refractivity contribution is 4.97. The molecule has 1 saturated heterocycles. The van der Waals surface area contributed by atoms with Gasteiger partial charge in [-0.1, -0.05) is 13.5 Å². The molecule has 1 fully saturated rings. The molecule has 1 heteroatoms. The van der Waals surface area contributed by atoms with Gasteiger partial charge >= 0.3 is 0 Å². The minimum atomic E-state index is 0.714. The lowest BCUT2D eigenvalue weighted by Gasteiger charge is -2.24. The summed E-state index contributed by atoms with van der Waals surface area (Å²) in [6, 6.07) is 0.714. The van der Waals surface area contributed by atoms with E-state index in [-0.39, 0.29) is 0 Å². The zero-order valence-corrected chi connectivity index (χ0v) is 6.11. The molecule has 1 nitrogen and oxygen atoms in total. The number of piperidine rings is 1. The maximum atomic E-state index is 3.90. The van der Waals surface area contributed by atoms with Crippen LogP contribution in [0.3, 0.4) is 0 Å². The van der Waals surface area contributed by atoms with Crippen LogP contribution in [0.25, 0.3) is 0 Å². The number of allylic oxidation sites excluding steroid dienone is 1. The summed E-state index contributed by atoms with van der Waals surface area (Å²) in [6.07, 6.45) is 5.06. The number of hydrogen-bond acceptors (Lipinski definition) is 1. The van der Waals surface area contributed by atoms with Gasteiger partial charge in [0.1, 0.15) is 0 Å². The lowest BCUT2D eigenvalue weighted by molar-refractivity contribution is 0.440. The Labute approximate surface area is 57.1 Å².